The molecule has 2 N–H and O–H groups in total. The first kappa shape index (κ1) is 9.71. The third-order valence-corrected chi connectivity index (χ3v) is 2.56. The minimum absolute atomic E-state index is 0.691. The number of aryl methyl sites for hydroxylation is 2. The van der Waals surface area contributed by atoms with Gasteiger partial charge >= 0.3 is 0 Å². The van der Waals surface area contributed by atoms with Gasteiger partial charge in [-0.3, -0.25) is 9.67 Å². The zero-order valence-electron chi connectivity index (χ0n) is 9.15. The molecule has 2 heterocycles. The Kier molecular flexibility index (Phi) is 2.19. The maximum Gasteiger partial charge on any atom is 0.0968 e. The second-order valence-corrected chi connectivity index (χ2v) is 3.66. The maximum atomic E-state index is 5.90. The van der Waals surface area contributed by atoms with Gasteiger partial charge < -0.3 is 5.73 Å². The molecule has 2 aromatic rings. The summed E-state index contributed by atoms with van der Waals surface area (Å²) in [4.78, 5) is 4.44. The van der Waals surface area contributed by atoms with Gasteiger partial charge in [-0.1, -0.05) is 0 Å². The molecule has 15 heavy (non-hydrogen) atoms. The summed E-state index contributed by atoms with van der Waals surface area (Å²) in [6.07, 6.45) is 1.80. The van der Waals surface area contributed by atoms with E-state index in [1.54, 1.807) is 6.20 Å². The van der Waals surface area contributed by atoms with Crippen molar-refractivity contribution in [2.75, 3.05) is 5.73 Å². The number of anilines is 1. The Morgan fingerprint density at radius 3 is 2.60 bits per heavy atom. The van der Waals surface area contributed by atoms with E-state index in [0.717, 1.165) is 22.6 Å². The van der Waals surface area contributed by atoms with Crippen LogP contribution in [0.1, 0.15) is 11.4 Å². The number of nitrogens with two attached hydrogens (primary N) is 1. The van der Waals surface area contributed by atoms with Crippen molar-refractivity contribution in [1.82, 2.24) is 14.8 Å². The zero-order chi connectivity index (χ0) is 11.0. The quantitative estimate of drug-likeness (QED) is 0.765. The van der Waals surface area contributed by atoms with Gasteiger partial charge in [0.15, 0.2) is 0 Å². The SMILES string of the molecule is Cc1ccc(N)c(-c2cnn(C)c2C)n1. The van der Waals surface area contributed by atoms with Crippen LogP contribution in [0.5, 0.6) is 0 Å². The van der Waals surface area contributed by atoms with E-state index in [4.69, 9.17) is 5.73 Å². The van der Waals surface area contributed by atoms with Gasteiger partial charge in [-0.05, 0) is 26.0 Å². The van der Waals surface area contributed by atoms with Crippen LogP contribution in [0.2, 0.25) is 0 Å². The first-order valence-electron chi connectivity index (χ1n) is 4.81. The first-order chi connectivity index (χ1) is 7.09. The van der Waals surface area contributed by atoms with Crippen LogP contribution in [0, 0.1) is 13.8 Å². The molecule has 0 aliphatic heterocycles. The summed E-state index contributed by atoms with van der Waals surface area (Å²) in [6, 6.07) is 3.79. The van der Waals surface area contributed by atoms with E-state index in [1.165, 1.54) is 0 Å². The summed E-state index contributed by atoms with van der Waals surface area (Å²) in [7, 11) is 1.91. The van der Waals surface area contributed by atoms with E-state index in [9.17, 15) is 0 Å². The summed E-state index contributed by atoms with van der Waals surface area (Å²) < 4.78 is 1.82. The van der Waals surface area contributed by atoms with Crippen molar-refractivity contribution in [1.29, 1.82) is 0 Å². The number of pyridine rings is 1. The first-order valence-corrected chi connectivity index (χ1v) is 4.81. The van der Waals surface area contributed by atoms with E-state index >= 15 is 0 Å². The van der Waals surface area contributed by atoms with Gasteiger partial charge in [0, 0.05) is 24.0 Å². The molecular formula is C11H14N4. The van der Waals surface area contributed by atoms with Gasteiger partial charge in [0.05, 0.1) is 17.6 Å². The highest BCUT2D eigenvalue weighted by Gasteiger charge is 2.10. The normalized spacial score (nSPS) is 10.6. The molecule has 0 aliphatic rings. The summed E-state index contributed by atoms with van der Waals surface area (Å²) >= 11 is 0. The molecular weight excluding hydrogens is 188 g/mol. The fourth-order valence-corrected chi connectivity index (χ4v) is 1.51. The molecule has 0 atom stereocenters. The van der Waals surface area contributed by atoms with Crippen molar-refractivity contribution in [3.8, 4) is 11.3 Å². The van der Waals surface area contributed by atoms with Gasteiger partial charge in [0.1, 0.15) is 0 Å². The van der Waals surface area contributed by atoms with Crippen LogP contribution in [-0.4, -0.2) is 14.8 Å². The molecule has 0 aliphatic carbocycles. The Bertz CT molecular complexity index is 499. The minimum Gasteiger partial charge on any atom is -0.397 e. The monoisotopic (exact) mass is 202 g/mol. The van der Waals surface area contributed by atoms with Gasteiger partial charge in [-0.15, -0.1) is 0 Å². The Balaban J connectivity index is 2.63. The summed E-state index contributed by atoms with van der Waals surface area (Å²) in [5, 5.41) is 4.18. The summed E-state index contributed by atoms with van der Waals surface area (Å²) in [6.45, 7) is 3.96. The molecule has 4 nitrogen and oxygen atoms in total. The van der Waals surface area contributed by atoms with Crippen molar-refractivity contribution < 1.29 is 0 Å². The molecule has 0 spiro atoms. The molecule has 4 heteroatoms. The largest absolute Gasteiger partial charge is 0.397 e. The third kappa shape index (κ3) is 1.58. The minimum atomic E-state index is 0.691. The van der Waals surface area contributed by atoms with E-state index in [1.807, 2.05) is 37.7 Å². The van der Waals surface area contributed by atoms with Crippen LogP contribution in [0.3, 0.4) is 0 Å². The fourth-order valence-electron chi connectivity index (χ4n) is 1.51. The molecule has 2 aromatic heterocycles. The van der Waals surface area contributed by atoms with Crippen LogP contribution < -0.4 is 5.73 Å². The predicted molar refractivity (Wildman–Crippen MR) is 60.3 cm³/mol. The van der Waals surface area contributed by atoms with Crippen LogP contribution in [0.4, 0.5) is 5.69 Å². The second kappa shape index (κ2) is 3.38. The lowest BCUT2D eigenvalue weighted by atomic mass is 10.1. The molecule has 0 fully saturated rings. The summed E-state index contributed by atoms with van der Waals surface area (Å²) in [5.41, 5.74) is 10.4. The van der Waals surface area contributed by atoms with Gasteiger partial charge in [0.2, 0.25) is 0 Å². The molecule has 0 saturated heterocycles. The van der Waals surface area contributed by atoms with Crippen molar-refractivity contribution >= 4 is 5.69 Å². The van der Waals surface area contributed by atoms with Gasteiger partial charge in [-0.25, -0.2) is 0 Å². The molecule has 2 rings (SSSR count). The van der Waals surface area contributed by atoms with Crippen LogP contribution in [-0.2, 0) is 7.05 Å². The van der Waals surface area contributed by atoms with Gasteiger partial charge in [-0.2, -0.15) is 5.10 Å². The van der Waals surface area contributed by atoms with E-state index in [-0.39, 0.29) is 0 Å². The molecule has 0 unspecified atom stereocenters. The standard InChI is InChI=1S/C11H14N4/c1-7-4-5-10(12)11(14-7)9-6-13-15(3)8(9)2/h4-6H,12H2,1-3H3. The topological polar surface area (TPSA) is 56.7 Å². The van der Waals surface area contributed by atoms with E-state index in [2.05, 4.69) is 10.1 Å². The lowest BCUT2D eigenvalue weighted by Crippen LogP contribution is -1.97. The third-order valence-electron chi connectivity index (χ3n) is 2.56. The van der Waals surface area contributed by atoms with Crippen molar-refractivity contribution in [2.45, 2.75) is 13.8 Å². The van der Waals surface area contributed by atoms with Crippen LogP contribution in [0.25, 0.3) is 11.3 Å². The molecule has 0 radical (unpaired) electrons. The number of hydrogen-bond donors (Lipinski definition) is 1. The maximum absolute atomic E-state index is 5.90. The Labute approximate surface area is 88.8 Å². The molecule has 0 saturated carbocycles. The highest BCUT2D eigenvalue weighted by atomic mass is 15.3. The lowest BCUT2D eigenvalue weighted by molar-refractivity contribution is 0.740. The van der Waals surface area contributed by atoms with Crippen LogP contribution >= 0.6 is 0 Å². The molecule has 0 amide bonds. The molecule has 0 bridgehead atoms. The van der Waals surface area contributed by atoms with Crippen molar-refractivity contribution in [3.05, 3.63) is 29.7 Å². The van der Waals surface area contributed by atoms with Crippen molar-refractivity contribution in [3.63, 3.8) is 0 Å². The lowest BCUT2D eigenvalue weighted by Gasteiger charge is -2.05. The predicted octanol–water partition coefficient (Wildman–Crippen LogP) is 1.68. The highest BCUT2D eigenvalue weighted by molar-refractivity contribution is 5.73. The zero-order valence-corrected chi connectivity index (χ0v) is 9.15. The Morgan fingerprint density at radius 2 is 2.00 bits per heavy atom. The number of hydrogen-bond acceptors (Lipinski definition) is 3. The Morgan fingerprint density at radius 1 is 1.27 bits per heavy atom. The van der Waals surface area contributed by atoms with E-state index < -0.39 is 0 Å². The smallest absolute Gasteiger partial charge is 0.0968 e. The number of aromatic nitrogens is 3. The average molecular weight is 202 g/mol. The average Bonchev–Trinajstić information content (AvgIpc) is 2.52. The van der Waals surface area contributed by atoms with Gasteiger partial charge in [0.25, 0.3) is 0 Å². The summed E-state index contributed by atoms with van der Waals surface area (Å²) in [5.74, 6) is 0. The highest BCUT2D eigenvalue weighted by Crippen LogP contribution is 2.26. The number of rotatable bonds is 1. The van der Waals surface area contributed by atoms with Crippen LogP contribution in [0.15, 0.2) is 18.3 Å². The fraction of sp³-hybridized carbons (Fsp3) is 0.273. The Hall–Kier alpha value is -1.84. The second-order valence-electron chi connectivity index (χ2n) is 3.66. The number of nitrogen functional groups attached to an aromatic ring is 1. The van der Waals surface area contributed by atoms with E-state index in [0.29, 0.717) is 5.69 Å². The molecule has 0 aromatic carbocycles. The molecule has 78 valence electrons. The van der Waals surface area contributed by atoms with Crippen molar-refractivity contribution in [2.24, 2.45) is 7.05 Å². The number of nitrogens with zero attached hydrogens (tertiary/aromatic N) is 3.